The number of nitrogens with two attached hydrogens (primary N) is 1. The number of benzene rings is 2. The summed E-state index contributed by atoms with van der Waals surface area (Å²) in [5.41, 5.74) is 7.57. The first-order chi connectivity index (χ1) is 13.0. The normalized spacial score (nSPS) is 12.1. The molecular formula is C20H22ClN5O. The van der Waals surface area contributed by atoms with Crippen molar-refractivity contribution in [3.05, 3.63) is 64.4 Å². The lowest BCUT2D eigenvalue weighted by Gasteiger charge is -2.21. The molecule has 1 atom stereocenters. The second kappa shape index (κ2) is 8.33. The molecule has 0 radical (unpaired) electrons. The number of fused-ring (bicyclic) bond motifs is 1. The molecule has 0 unspecified atom stereocenters. The number of aryl methyl sites for hydroxylation is 1. The minimum Gasteiger partial charge on any atom is -0.366 e. The smallest absolute Gasteiger partial charge is 0.250 e. The van der Waals surface area contributed by atoms with Crippen molar-refractivity contribution in [2.75, 3.05) is 18.9 Å². The Morgan fingerprint density at radius 2 is 1.93 bits per heavy atom. The summed E-state index contributed by atoms with van der Waals surface area (Å²) >= 11 is 6.02. The number of likely N-dealkylation sites (N-methyl/N-ethyl adjacent to an activating group) is 1. The summed E-state index contributed by atoms with van der Waals surface area (Å²) in [4.78, 5) is 21.0. The number of hydrogen-bond acceptors (Lipinski definition) is 5. The van der Waals surface area contributed by atoms with Gasteiger partial charge in [0.25, 0.3) is 5.91 Å². The van der Waals surface area contributed by atoms with E-state index in [-0.39, 0.29) is 6.04 Å². The summed E-state index contributed by atoms with van der Waals surface area (Å²) < 4.78 is 0. The van der Waals surface area contributed by atoms with E-state index < -0.39 is 5.91 Å². The van der Waals surface area contributed by atoms with Crippen molar-refractivity contribution in [1.29, 1.82) is 0 Å². The van der Waals surface area contributed by atoms with Crippen LogP contribution in [0.2, 0.25) is 5.02 Å². The first-order valence-electron chi connectivity index (χ1n) is 8.79. The summed E-state index contributed by atoms with van der Waals surface area (Å²) in [6, 6.07) is 13.0. The van der Waals surface area contributed by atoms with Gasteiger partial charge in [-0.2, -0.15) is 0 Å². The Bertz CT molecular complexity index is 958. The molecule has 2 aromatic carbocycles. The number of anilines is 1. The van der Waals surface area contributed by atoms with Crippen molar-refractivity contribution >= 4 is 34.2 Å². The molecule has 7 heteroatoms. The van der Waals surface area contributed by atoms with Gasteiger partial charge in [0.05, 0.1) is 17.1 Å². The lowest BCUT2D eigenvalue weighted by Crippen LogP contribution is -2.24. The van der Waals surface area contributed by atoms with Gasteiger partial charge in [0.2, 0.25) is 0 Å². The highest BCUT2D eigenvalue weighted by Gasteiger charge is 2.17. The van der Waals surface area contributed by atoms with Crippen LogP contribution in [0.5, 0.6) is 0 Å². The molecule has 1 amide bonds. The van der Waals surface area contributed by atoms with Crippen molar-refractivity contribution < 1.29 is 4.79 Å². The molecule has 3 rings (SSSR count). The molecule has 0 aliphatic rings. The summed E-state index contributed by atoms with van der Waals surface area (Å²) in [6.45, 7) is 2.66. The van der Waals surface area contributed by atoms with Crippen LogP contribution < -0.4 is 16.4 Å². The van der Waals surface area contributed by atoms with Crippen LogP contribution in [-0.4, -0.2) is 29.5 Å². The zero-order chi connectivity index (χ0) is 19.4. The van der Waals surface area contributed by atoms with Crippen LogP contribution in [0.3, 0.4) is 0 Å². The number of halogens is 1. The molecule has 0 aliphatic heterocycles. The van der Waals surface area contributed by atoms with Crippen molar-refractivity contribution in [1.82, 2.24) is 15.3 Å². The highest BCUT2D eigenvalue weighted by molar-refractivity contribution is 6.30. The number of nitrogens with one attached hydrogen (secondary N) is 2. The number of para-hydroxylation sites is 1. The first-order valence-corrected chi connectivity index (χ1v) is 9.17. The van der Waals surface area contributed by atoms with E-state index in [9.17, 15) is 4.79 Å². The molecule has 1 aromatic heterocycles. The van der Waals surface area contributed by atoms with Crippen molar-refractivity contribution in [2.24, 2.45) is 5.73 Å². The SMILES string of the molecule is CCc1nc(N[C@H](CNC)c2ccc(Cl)cc2)c2cccc(C(N)=O)c2n1. The van der Waals surface area contributed by atoms with E-state index >= 15 is 0 Å². The van der Waals surface area contributed by atoms with Crippen LogP contribution in [0, 0.1) is 0 Å². The van der Waals surface area contributed by atoms with Gasteiger partial charge in [-0.25, -0.2) is 9.97 Å². The van der Waals surface area contributed by atoms with E-state index in [1.54, 1.807) is 12.1 Å². The molecule has 1 heterocycles. The van der Waals surface area contributed by atoms with Gasteiger partial charge in [-0.05, 0) is 36.9 Å². The minimum absolute atomic E-state index is 0.0349. The van der Waals surface area contributed by atoms with E-state index in [2.05, 4.69) is 20.6 Å². The number of hydrogen-bond donors (Lipinski definition) is 3. The number of aromatic nitrogens is 2. The third-order valence-corrected chi connectivity index (χ3v) is 4.60. The zero-order valence-corrected chi connectivity index (χ0v) is 16.0. The maximum absolute atomic E-state index is 11.8. The van der Waals surface area contributed by atoms with Gasteiger partial charge in [0.15, 0.2) is 0 Å². The Balaban J connectivity index is 2.09. The molecule has 4 N–H and O–H groups in total. The maximum atomic E-state index is 11.8. The highest BCUT2D eigenvalue weighted by atomic mass is 35.5. The number of carbonyl (C=O) groups excluding carboxylic acids is 1. The van der Waals surface area contributed by atoms with Gasteiger partial charge in [-0.3, -0.25) is 4.79 Å². The molecule has 3 aromatic rings. The van der Waals surface area contributed by atoms with E-state index in [1.165, 1.54) is 0 Å². The molecule has 6 nitrogen and oxygen atoms in total. The van der Waals surface area contributed by atoms with Crippen LogP contribution in [0.1, 0.15) is 34.7 Å². The Labute approximate surface area is 163 Å². The summed E-state index contributed by atoms with van der Waals surface area (Å²) in [7, 11) is 1.89. The van der Waals surface area contributed by atoms with Crippen LogP contribution in [0.15, 0.2) is 42.5 Å². The largest absolute Gasteiger partial charge is 0.366 e. The molecule has 0 fully saturated rings. The topological polar surface area (TPSA) is 92.9 Å². The average Bonchev–Trinajstić information content (AvgIpc) is 2.67. The Hall–Kier alpha value is -2.70. The standard InChI is InChI=1S/C20H22ClN5O/c1-3-17-25-18-14(19(22)27)5-4-6-15(18)20(26-17)24-16(11-23-2)12-7-9-13(21)10-8-12/h4-10,16,23H,3,11H2,1-2H3,(H2,22,27)(H,24,25,26)/t16-/m1/s1. The fraction of sp³-hybridized carbons (Fsp3) is 0.250. The first kappa shape index (κ1) is 19.1. The number of primary amides is 1. The average molecular weight is 384 g/mol. The van der Waals surface area contributed by atoms with E-state index in [0.717, 1.165) is 10.9 Å². The van der Waals surface area contributed by atoms with Crippen molar-refractivity contribution in [2.45, 2.75) is 19.4 Å². The fourth-order valence-electron chi connectivity index (χ4n) is 2.98. The Morgan fingerprint density at radius 1 is 1.19 bits per heavy atom. The van der Waals surface area contributed by atoms with Gasteiger partial charge >= 0.3 is 0 Å². The second-order valence-electron chi connectivity index (χ2n) is 6.21. The number of amides is 1. The molecular weight excluding hydrogens is 362 g/mol. The lowest BCUT2D eigenvalue weighted by atomic mass is 10.1. The van der Waals surface area contributed by atoms with Crippen LogP contribution in [0.25, 0.3) is 10.9 Å². The van der Waals surface area contributed by atoms with Crippen LogP contribution >= 0.6 is 11.6 Å². The van der Waals surface area contributed by atoms with E-state index in [0.29, 0.717) is 40.7 Å². The molecule has 0 bridgehead atoms. The number of carbonyl (C=O) groups is 1. The predicted octanol–water partition coefficient (Wildman–Crippen LogP) is 3.32. The third kappa shape index (κ3) is 4.18. The lowest BCUT2D eigenvalue weighted by molar-refractivity contribution is 0.100. The van der Waals surface area contributed by atoms with Gasteiger partial charge < -0.3 is 16.4 Å². The second-order valence-corrected chi connectivity index (χ2v) is 6.65. The monoisotopic (exact) mass is 383 g/mol. The van der Waals surface area contributed by atoms with E-state index in [1.807, 2.05) is 44.3 Å². The molecule has 0 aliphatic carbocycles. The van der Waals surface area contributed by atoms with Crippen LogP contribution in [-0.2, 0) is 6.42 Å². The molecule has 140 valence electrons. The van der Waals surface area contributed by atoms with E-state index in [4.69, 9.17) is 17.3 Å². The summed E-state index contributed by atoms with van der Waals surface area (Å²) in [5, 5.41) is 8.14. The quantitative estimate of drug-likeness (QED) is 0.582. The van der Waals surface area contributed by atoms with Crippen molar-refractivity contribution in [3.63, 3.8) is 0 Å². The van der Waals surface area contributed by atoms with Gasteiger partial charge in [-0.1, -0.05) is 36.7 Å². The molecule has 0 saturated carbocycles. The Kier molecular flexibility index (Phi) is 5.88. The van der Waals surface area contributed by atoms with Crippen LogP contribution in [0.4, 0.5) is 5.82 Å². The Morgan fingerprint density at radius 3 is 2.56 bits per heavy atom. The minimum atomic E-state index is -0.503. The molecule has 27 heavy (non-hydrogen) atoms. The van der Waals surface area contributed by atoms with Crippen molar-refractivity contribution in [3.8, 4) is 0 Å². The number of rotatable bonds is 7. The van der Waals surface area contributed by atoms with Gasteiger partial charge in [0, 0.05) is 23.4 Å². The zero-order valence-electron chi connectivity index (χ0n) is 15.3. The number of nitrogens with zero attached hydrogens (tertiary/aromatic N) is 2. The maximum Gasteiger partial charge on any atom is 0.250 e. The molecule has 0 spiro atoms. The molecule has 0 saturated heterocycles. The highest BCUT2D eigenvalue weighted by Crippen LogP contribution is 2.27. The fourth-order valence-corrected chi connectivity index (χ4v) is 3.11. The summed E-state index contributed by atoms with van der Waals surface area (Å²) in [5.74, 6) is 0.824. The van der Waals surface area contributed by atoms with Gasteiger partial charge in [0.1, 0.15) is 11.6 Å². The summed E-state index contributed by atoms with van der Waals surface area (Å²) in [6.07, 6.45) is 0.648. The van der Waals surface area contributed by atoms with Gasteiger partial charge in [-0.15, -0.1) is 0 Å². The third-order valence-electron chi connectivity index (χ3n) is 4.35. The predicted molar refractivity (Wildman–Crippen MR) is 109 cm³/mol.